The van der Waals surface area contributed by atoms with Crippen LogP contribution in [-0.2, 0) is 16.1 Å². The number of pyridine rings is 1. The highest BCUT2D eigenvalue weighted by Crippen LogP contribution is 2.38. The van der Waals surface area contributed by atoms with Gasteiger partial charge in [-0.1, -0.05) is 52.4 Å². The summed E-state index contributed by atoms with van der Waals surface area (Å²) in [6, 6.07) is 8.37. The Hall–Kier alpha value is -4.47. The van der Waals surface area contributed by atoms with E-state index >= 15 is 0 Å². The lowest BCUT2D eigenvalue weighted by Crippen LogP contribution is -2.25. The van der Waals surface area contributed by atoms with Gasteiger partial charge in [-0.2, -0.15) is 0 Å². The Labute approximate surface area is 258 Å². The molecule has 2 N–H and O–H groups in total. The molecule has 0 aliphatic heterocycles. The average Bonchev–Trinajstić information content (AvgIpc) is 3.00. The van der Waals surface area contributed by atoms with Crippen LogP contribution in [0, 0.1) is 0 Å². The predicted octanol–water partition coefficient (Wildman–Crippen LogP) is 6.84. The van der Waals surface area contributed by atoms with Gasteiger partial charge in [0, 0.05) is 30.6 Å². The molecule has 44 heavy (non-hydrogen) atoms. The molecule has 10 nitrogen and oxygen atoms in total. The number of anilines is 1. The second-order valence-electron chi connectivity index (χ2n) is 10.5. The van der Waals surface area contributed by atoms with Crippen LogP contribution < -0.4 is 29.8 Å². The van der Waals surface area contributed by atoms with Gasteiger partial charge in [0.25, 0.3) is 5.56 Å². The normalized spacial score (nSPS) is 11.1. The van der Waals surface area contributed by atoms with Gasteiger partial charge >= 0.3 is 5.97 Å². The summed E-state index contributed by atoms with van der Waals surface area (Å²) in [4.78, 5) is 38.6. The number of aromatic nitrogens is 1. The van der Waals surface area contributed by atoms with Crippen LogP contribution in [0.15, 0.2) is 41.2 Å². The van der Waals surface area contributed by atoms with Crippen LogP contribution in [-0.4, -0.2) is 42.4 Å². The zero-order chi connectivity index (χ0) is 32.1. The van der Waals surface area contributed by atoms with Crippen molar-refractivity contribution in [2.24, 2.45) is 0 Å². The SMILES string of the molecule is CCCCCCCCn1c(=O)c(OC(C)=O)c(OCCCC)c2ccc(NC(=O)/C=C/c3cc(OC)c(O)c(OC)c3)cc21. The number of hydrogen-bond donors (Lipinski definition) is 2. The van der Waals surface area contributed by atoms with E-state index in [1.165, 1.54) is 33.6 Å². The summed E-state index contributed by atoms with van der Waals surface area (Å²) < 4.78 is 23.4. The monoisotopic (exact) mass is 608 g/mol. The molecule has 10 heteroatoms. The largest absolute Gasteiger partial charge is 0.502 e. The van der Waals surface area contributed by atoms with E-state index in [0.717, 1.165) is 44.9 Å². The number of rotatable bonds is 17. The van der Waals surface area contributed by atoms with E-state index in [4.69, 9.17) is 18.9 Å². The molecule has 3 rings (SSSR count). The van der Waals surface area contributed by atoms with E-state index in [-0.39, 0.29) is 28.7 Å². The molecule has 0 saturated carbocycles. The molecule has 0 spiro atoms. The number of nitrogens with one attached hydrogen (secondary N) is 1. The molecule has 0 saturated heterocycles. The van der Waals surface area contributed by atoms with Crippen molar-refractivity contribution in [3.8, 4) is 28.7 Å². The fourth-order valence-corrected chi connectivity index (χ4v) is 4.81. The van der Waals surface area contributed by atoms with Gasteiger partial charge in [-0.25, -0.2) is 0 Å². The fraction of sp³-hybridized carbons (Fsp3) is 0.441. The Kier molecular flexibility index (Phi) is 13.1. The lowest BCUT2D eigenvalue weighted by atomic mass is 10.1. The van der Waals surface area contributed by atoms with Gasteiger partial charge in [-0.05, 0) is 54.8 Å². The number of aryl methyl sites for hydroxylation is 1. The summed E-state index contributed by atoms with van der Waals surface area (Å²) in [5.41, 5.74) is 1.18. The number of hydrogen-bond acceptors (Lipinski definition) is 8. The second kappa shape index (κ2) is 17.0. The number of carbonyl (C=O) groups excluding carboxylic acids is 2. The number of aromatic hydroxyl groups is 1. The third-order valence-electron chi connectivity index (χ3n) is 7.10. The van der Waals surface area contributed by atoms with Gasteiger partial charge in [0.05, 0.1) is 26.3 Å². The molecule has 1 heterocycles. The van der Waals surface area contributed by atoms with Crippen molar-refractivity contribution in [1.29, 1.82) is 0 Å². The Morgan fingerprint density at radius 3 is 2.20 bits per heavy atom. The van der Waals surface area contributed by atoms with Crippen molar-refractivity contribution in [1.82, 2.24) is 4.57 Å². The van der Waals surface area contributed by atoms with Crippen molar-refractivity contribution >= 4 is 34.5 Å². The Morgan fingerprint density at radius 2 is 1.57 bits per heavy atom. The standard InChI is InChI=1S/C34H44N2O8/c1-6-8-10-11-12-13-18-36-27-22-25(35-30(38)17-14-24-20-28(41-4)31(39)29(21-24)42-5)15-16-26(27)32(43-19-9-7-2)33(34(36)40)44-23(3)37/h14-17,20-22,39H,6-13,18-19H2,1-5H3,(H,35,38)/b17-14+. The van der Waals surface area contributed by atoms with Gasteiger partial charge in [-0.3, -0.25) is 14.4 Å². The Bertz CT molecular complexity index is 1500. The highest BCUT2D eigenvalue weighted by atomic mass is 16.6. The van der Waals surface area contributed by atoms with Crippen LogP contribution in [0.2, 0.25) is 0 Å². The number of benzene rings is 2. The molecular formula is C34H44N2O8. The van der Waals surface area contributed by atoms with E-state index in [0.29, 0.717) is 35.3 Å². The minimum atomic E-state index is -0.604. The van der Waals surface area contributed by atoms with Gasteiger partial charge in [0.15, 0.2) is 17.2 Å². The summed E-state index contributed by atoms with van der Waals surface area (Å²) in [6.07, 6.45) is 10.8. The lowest BCUT2D eigenvalue weighted by molar-refractivity contribution is -0.132. The van der Waals surface area contributed by atoms with Gasteiger partial charge in [0.1, 0.15) is 0 Å². The highest BCUT2D eigenvalue weighted by molar-refractivity contribution is 6.03. The third-order valence-corrected chi connectivity index (χ3v) is 7.10. The molecule has 0 aliphatic rings. The van der Waals surface area contributed by atoms with Crippen molar-refractivity contribution in [3.63, 3.8) is 0 Å². The zero-order valence-electron chi connectivity index (χ0n) is 26.4. The first kappa shape index (κ1) is 34.0. The molecule has 0 radical (unpaired) electrons. The van der Waals surface area contributed by atoms with Crippen molar-refractivity contribution < 1.29 is 33.6 Å². The molecule has 0 aliphatic carbocycles. The first-order valence-corrected chi connectivity index (χ1v) is 15.2. The average molecular weight is 609 g/mol. The number of fused-ring (bicyclic) bond motifs is 1. The first-order chi connectivity index (χ1) is 21.2. The predicted molar refractivity (Wildman–Crippen MR) is 172 cm³/mol. The van der Waals surface area contributed by atoms with Gasteiger partial charge < -0.3 is 33.9 Å². The molecule has 0 bridgehead atoms. The number of unbranched alkanes of at least 4 members (excludes halogenated alkanes) is 6. The topological polar surface area (TPSA) is 125 Å². The number of carbonyl (C=O) groups is 2. The molecule has 3 aromatic rings. The lowest BCUT2D eigenvalue weighted by Gasteiger charge is -2.18. The summed E-state index contributed by atoms with van der Waals surface area (Å²) >= 11 is 0. The maximum absolute atomic E-state index is 13.7. The molecule has 0 unspecified atom stereocenters. The number of nitrogens with zero attached hydrogens (tertiary/aromatic N) is 1. The van der Waals surface area contributed by atoms with Gasteiger partial charge in [0.2, 0.25) is 17.4 Å². The van der Waals surface area contributed by atoms with E-state index in [1.54, 1.807) is 41.0 Å². The van der Waals surface area contributed by atoms with E-state index in [1.807, 2.05) is 6.92 Å². The van der Waals surface area contributed by atoms with Crippen molar-refractivity contribution in [2.75, 3.05) is 26.1 Å². The van der Waals surface area contributed by atoms with E-state index in [2.05, 4.69) is 12.2 Å². The molecule has 1 amide bonds. The number of methoxy groups -OCH3 is 2. The van der Waals surface area contributed by atoms with Crippen LogP contribution >= 0.6 is 0 Å². The van der Waals surface area contributed by atoms with Crippen molar-refractivity contribution in [2.45, 2.75) is 78.7 Å². The molecule has 1 aromatic heterocycles. The summed E-state index contributed by atoms with van der Waals surface area (Å²) in [5, 5.41) is 13.6. The maximum atomic E-state index is 13.7. The second-order valence-corrected chi connectivity index (χ2v) is 10.5. The van der Waals surface area contributed by atoms with E-state index in [9.17, 15) is 19.5 Å². The first-order valence-electron chi connectivity index (χ1n) is 15.2. The highest BCUT2D eigenvalue weighted by Gasteiger charge is 2.22. The Morgan fingerprint density at radius 1 is 0.909 bits per heavy atom. The smallest absolute Gasteiger partial charge is 0.308 e. The molecule has 0 fully saturated rings. The number of ether oxygens (including phenoxy) is 4. The summed E-state index contributed by atoms with van der Waals surface area (Å²) in [6.45, 7) is 6.24. The zero-order valence-corrected chi connectivity index (χ0v) is 26.4. The van der Waals surface area contributed by atoms with Crippen LogP contribution in [0.1, 0.15) is 77.7 Å². The quantitative estimate of drug-likeness (QED) is 0.0969. The minimum absolute atomic E-state index is 0.119. The number of esters is 1. The third kappa shape index (κ3) is 9.02. The van der Waals surface area contributed by atoms with Crippen LogP contribution in [0.3, 0.4) is 0 Å². The van der Waals surface area contributed by atoms with Crippen LogP contribution in [0.4, 0.5) is 5.69 Å². The fourth-order valence-electron chi connectivity index (χ4n) is 4.81. The maximum Gasteiger partial charge on any atom is 0.308 e. The van der Waals surface area contributed by atoms with Crippen LogP contribution in [0.25, 0.3) is 17.0 Å². The Balaban J connectivity index is 1.98. The minimum Gasteiger partial charge on any atom is -0.502 e. The van der Waals surface area contributed by atoms with Crippen molar-refractivity contribution in [3.05, 3.63) is 52.3 Å². The van der Waals surface area contributed by atoms with Gasteiger partial charge in [-0.15, -0.1) is 0 Å². The number of amides is 1. The molecule has 0 atom stereocenters. The number of phenolic OH excluding ortho intramolecular Hbond substituents is 1. The molecule has 2 aromatic carbocycles. The summed E-state index contributed by atoms with van der Waals surface area (Å²) in [5.74, 6) is -0.606. The molecular weight excluding hydrogens is 564 g/mol. The van der Waals surface area contributed by atoms with E-state index < -0.39 is 17.4 Å². The molecule has 238 valence electrons. The summed E-state index contributed by atoms with van der Waals surface area (Å²) in [7, 11) is 2.85. The van der Waals surface area contributed by atoms with Crippen LogP contribution in [0.5, 0.6) is 28.7 Å². The number of phenols is 1.